The number of hydrogen-bond acceptors (Lipinski definition) is 5. The summed E-state index contributed by atoms with van der Waals surface area (Å²) in [5, 5.41) is 0.807. The Balaban J connectivity index is 1.56. The van der Waals surface area contributed by atoms with Crippen LogP contribution < -0.4 is 4.90 Å². The van der Waals surface area contributed by atoms with E-state index in [0.717, 1.165) is 10.9 Å². The zero-order valence-electron chi connectivity index (χ0n) is 14.5. The van der Waals surface area contributed by atoms with Crippen molar-refractivity contribution in [2.45, 2.75) is 6.92 Å². The van der Waals surface area contributed by atoms with Gasteiger partial charge in [0.2, 0.25) is 11.9 Å². The van der Waals surface area contributed by atoms with Crippen molar-refractivity contribution in [3.8, 4) is 0 Å². The first-order valence-corrected chi connectivity index (χ1v) is 8.57. The Bertz CT molecular complexity index is 958. The lowest BCUT2D eigenvalue weighted by Crippen LogP contribution is -2.49. The van der Waals surface area contributed by atoms with Crippen LogP contribution in [-0.4, -0.2) is 57.4 Å². The van der Waals surface area contributed by atoms with Gasteiger partial charge in [0.15, 0.2) is 0 Å². The summed E-state index contributed by atoms with van der Waals surface area (Å²) in [6.07, 6.45) is 5.09. The summed E-state index contributed by atoms with van der Waals surface area (Å²) in [6, 6.07) is 9.28. The number of para-hydroxylation sites is 1. The van der Waals surface area contributed by atoms with Crippen LogP contribution in [0.5, 0.6) is 0 Å². The molecule has 0 atom stereocenters. The number of fused-ring (bicyclic) bond motifs is 1. The van der Waals surface area contributed by atoms with Gasteiger partial charge in [-0.05, 0) is 12.1 Å². The quantitative estimate of drug-likeness (QED) is 0.708. The van der Waals surface area contributed by atoms with E-state index < -0.39 is 0 Å². The third-order valence-corrected chi connectivity index (χ3v) is 4.68. The lowest BCUT2D eigenvalue weighted by molar-refractivity contribution is 0.0748. The van der Waals surface area contributed by atoms with Gasteiger partial charge < -0.3 is 9.80 Å². The van der Waals surface area contributed by atoms with E-state index in [9.17, 15) is 9.59 Å². The molecule has 4 rings (SSSR count). The number of amides is 1. The molecular formula is C19H19N5O2. The largest absolute Gasteiger partial charge is 0.337 e. The average Bonchev–Trinajstić information content (AvgIpc) is 3.08. The monoisotopic (exact) mass is 349 g/mol. The Morgan fingerprint density at radius 3 is 2.35 bits per heavy atom. The van der Waals surface area contributed by atoms with Crippen LogP contribution in [0.15, 0.2) is 48.9 Å². The fourth-order valence-electron chi connectivity index (χ4n) is 3.35. The number of aromatic nitrogens is 3. The van der Waals surface area contributed by atoms with Gasteiger partial charge in [-0.1, -0.05) is 18.2 Å². The zero-order valence-corrected chi connectivity index (χ0v) is 14.5. The van der Waals surface area contributed by atoms with Crippen molar-refractivity contribution >= 4 is 28.7 Å². The standard InChI is InChI=1S/C19H19N5O2/c1-14(25)24-13-16(15-5-2-3-6-17(15)24)18(26)22-9-11-23(12-10-22)19-20-7-4-8-21-19/h2-8,13H,9-12H2,1H3. The molecule has 1 aliphatic rings. The number of hydrogen-bond donors (Lipinski definition) is 0. The minimum absolute atomic E-state index is 0.0465. The van der Waals surface area contributed by atoms with Crippen molar-refractivity contribution in [1.29, 1.82) is 0 Å². The highest BCUT2D eigenvalue weighted by molar-refractivity contribution is 6.09. The minimum Gasteiger partial charge on any atom is -0.337 e. The maximum Gasteiger partial charge on any atom is 0.256 e. The third-order valence-electron chi connectivity index (χ3n) is 4.68. The molecule has 0 bridgehead atoms. The number of carbonyl (C=O) groups is 2. The topological polar surface area (TPSA) is 71.3 Å². The molecule has 1 amide bonds. The Labute approximate surface area is 150 Å². The van der Waals surface area contributed by atoms with E-state index in [1.165, 1.54) is 11.5 Å². The van der Waals surface area contributed by atoms with Crippen molar-refractivity contribution in [1.82, 2.24) is 19.4 Å². The predicted octanol–water partition coefficient (Wildman–Crippen LogP) is 2.05. The van der Waals surface area contributed by atoms with E-state index in [1.807, 2.05) is 29.2 Å². The molecule has 1 saturated heterocycles. The van der Waals surface area contributed by atoms with E-state index in [-0.39, 0.29) is 11.8 Å². The number of anilines is 1. The number of piperazine rings is 1. The molecule has 0 N–H and O–H groups in total. The predicted molar refractivity (Wildman–Crippen MR) is 98.4 cm³/mol. The van der Waals surface area contributed by atoms with Gasteiger partial charge >= 0.3 is 0 Å². The van der Waals surface area contributed by atoms with Crippen LogP contribution in [0, 0.1) is 0 Å². The van der Waals surface area contributed by atoms with Crippen LogP contribution in [0.1, 0.15) is 22.1 Å². The molecule has 26 heavy (non-hydrogen) atoms. The molecule has 1 aromatic carbocycles. The van der Waals surface area contributed by atoms with Gasteiger partial charge in [0, 0.05) is 57.1 Å². The summed E-state index contributed by atoms with van der Waals surface area (Å²) in [5.74, 6) is 0.536. The number of rotatable bonds is 2. The second-order valence-corrected chi connectivity index (χ2v) is 6.28. The number of nitrogens with zero attached hydrogens (tertiary/aromatic N) is 5. The van der Waals surface area contributed by atoms with Crippen LogP contribution in [0.3, 0.4) is 0 Å². The highest BCUT2D eigenvalue weighted by atomic mass is 16.2. The van der Waals surface area contributed by atoms with E-state index in [4.69, 9.17) is 0 Å². The van der Waals surface area contributed by atoms with Gasteiger partial charge in [0.1, 0.15) is 0 Å². The van der Waals surface area contributed by atoms with E-state index >= 15 is 0 Å². The fraction of sp³-hybridized carbons (Fsp3) is 0.263. The summed E-state index contributed by atoms with van der Waals surface area (Å²) in [7, 11) is 0. The smallest absolute Gasteiger partial charge is 0.256 e. The summed E-state index contributed by atoms with van der Waals surface area (Å²) in [6.45, 7) is 4.05. The first kappa shape index (κ1) is 16.3. The molecule has 0 spiro atoms. The second-order valence-electron chi connectivity index (χ2n) is 6.28. The number of benzene rings is 1. The molecule has 0 radical (unpaired) electrons. The Hall–Kier alpha value is -3.22. The number of carbonyl (C=O) groups excluding carboxylic acids is 2. The van der Waals surface area contributed by atoms with Gasteiger partial charge in [0.25, 0.3) is 5.91 Å². The second kappa shape index (κ2) is 6.59. The minimum atomic E-state index is -0.105. The van der Waals surface area contributed by atoms with Crippen molar-refractivity contribution in [2.24, 2.45) is 0 Å². The first-order valence-electron chi connectivity index (χ1n) is 8.57. The van der Waals surface area contributed by atoms with Crippen LogP contribution in [0.25, 0.3) is 10.9 Å². The zero-order chi connectivity index (χ0) is 18.1. The highest BCUT2D eigenvalue weighted by Crippen LogP contribution is 2.23. The lowest BCUT2D eigenvalue weighted by Gasteiger charge is -2.34. The molecule has 7 heteroatoms. The van der Waals surface area contributed by atoms with Crippen LogP contribution in [0.4, 0.5) is 5.95 Å². The normalized spacial score (nSPS) is 14.7. The van der Waals surface area contributed by atoms with E-state index in [2.05, 4.69) is 14.9 Å². The first-order chi connectivity index (χ1) is 12.6. The van der Waals surface area contributed by atoms with Crippen LogP contribution in [-0.2, 0) is 0 Å². The van der Waals surface area contributed by atoms with E-state index in [1.54, 1.807) is 24.7 Å². The Kier molecular flexibility index (Phi) is 4.12. The van der Waals surface area contributed by atoms with Crippen LogP contribution >= 0.6 is 0 Å². The van der Waals surface area contributed by atoms with E-state index in [0.29, 0.717) is 37.7 Å². The summed E-state index contributed by atoms with van der Waals surface area (Å²) in [5.41, 5.74) is 1.33. The van der Waals surface area contributed by atoms with Gasteiger partial charge in [-0.25, -0.2) is 9.97 Å². The van der Waals surface area contributed by atoms with Crippen molar-refractivity contribution in [3.05, 3.63) is 54.5 Å². The maximum absolute atomic E-state index is 13.0. The molecule has 1 fully saturated rings. The summed E-state index contributed by atoms with van der Waals surface area (Å²) < 4.78 is 1.54. The molecule has 7 nitrogen and oxygen atoms in total. The molecule has 3 aromatic rings. The maximum atomic E-state index is 13.0. The fourth-order valence-corrected chi connectivity index (χ4v) is 3.35. The lowest BCUT2D eigenvalue weighted by atomic mass is 10.1. The Morgan fingerprint density at radius 1 is 0.962 bits per heavy atom. The van der Waals surface area contributed by atoms with Crippen molar-refractivity contribution in [2.75, 3.05) is 31.1 Å². The average molecular weight is 349 g/mol. The molecule has 2 aromatic heterocycles. The van der Waals surface area contributed by atoms with Crippen LogP contribution in [0.2, 0.25) is 0 Å². The molecule has 3 heterocycles. The molecule has 1 aliphatic heterocycles. The molecular weight excluding hydrogens is 330 g/mol. The Morgan fingerprint density at radius 2 is 1.65 bits per heavy atom. The van der Waals surface area contributed by atoms with Gasteiger partial charge in [-0.2, -0.15) is 0 Å². The summed E-state index contributed by atoms with van der Waals surface area (Å²) >= 11 is 0. The van der Waals surface area contributed by atoms with Gasteiger partial charge in [-0.3, -0.25) is 14.2 Å². The molecule has 0 aliphatic carbocycles. The highest BCUT2D eigenvalue weighted by Gasteiger charge is 2.26. The molecule has 0 unspecified atom stereocenters. The molecule has 132 valence electrons. The van der Waals surface area contributed by atoms with Crippen molar-refractivity contribution in [3.63, 3.8) is 0 Å². The van der Waals surface area contributed by atoms with Crippen molar-refractivity contribution < 1.29 is 9.59 Å². The third kappa shape index (κ3) is 2.81. The SMILES string of the molecule is CC(=O)n1cc(C(=O)N2CCN(c3ncccn3)CC2)c2ccccc21. The van der Waals surface area contributed by atoms with Gasteiger partial charge in [-0.15, -0.1) is 0 Å². The summed E-state index contributed by atoms with van der Waals surface area (Å²) in [4.78, 5) is 37.4. The van der Waals surface area contributed by atoms with Gasteiger partial charge in [0.05, 0.1) is 11.1 Å². The molecule has 0 saturated carbocycles.